The summed E-state index contributed by atoms with van der Waals surface area (Å²) in [5.74, 6) is -1.18. The van der Waals surface area contributed by atoms with Crippen molar-refractivity contribution in [3.05, 3.63) is 0 Å². The van der Waals surface area contributed by atoms with Crippen molar-refractivity contribution in [2.45, 2.75) is 43.4 Å². The Balaban J connectivity index is 2.61. The lowest BCUT2D eigenvalue weighted by Crippen LogP contribution is -2.65. The van der Waals surface area contributed by atoms with Gasteiger partial charge in [-0.2, -0.15) is 13.2 Å². The molecule has 1 rings (SSSR count). The van der Waals surface area contributed by atoms with Crippen LogP contribution in [0.3, 0.4) is 0 Å². The Morgan fingerprint density at radius 1 is 1.39 bits per heavy atom. The van der Waals surface area contributed by atoms with E-state index in [9.17, 15) is 18.0 Å². The summed E-state index contributed by atoms with van der Waals surface area (Å²) < 4.78 is 37.7. The van der Waals surface area contributed by atoms with E-state index in [4.69, 9.17) is 5.73 Å². The molecule has 1 atom stereocenters. The van der Waals surface area contributed by atoms with Crippen LogP contribution in [0.5, 0.6) is 0 Å². The van der Waals surface area contributed by atoms with Crippen LogP contribution in [0.15, 0.2) is 0 Å². The molecule has 1 unspecified atom stereocenters. The summed E-state index contributed by atoms with van der Waals surface area (Å²) in [5, 5.41) is 2.33. The highest BCUT2D eigenvalue weighted by molar-refractivity contribution is 5.86. The molecule has 1 amide bonds. The Morgan fingerprint density at radius 2 is 1.89 bits per heavy atom. The molecule has 0 saturated heterocycles. The molecule has 106 valence electrons. The zero-order valence-corrected chi connectivity index (χ0v) is 10.9. The summed E-state index contributed by atoms with van der Waals surface area (Å²) in [6.45, 7) is 0.882. The highest BCUT2D eigenvalue weighted by Gasteiger charge is 2.54. The predicted octanol–water partition coefficient (Wildman–Crippen LogP) is 0.867. The predicted molar refractivity (Wildman–Crippen MR) is 61.9 cm³/mol. The van der Waals surface area contributed by atoms with E-state index in [1.165, 1.54) is 0 Å². The van der Waals surface area contributed by atoms with Gasteiger partial charge < -0.3 is 16.0 Å². The molecule has 0 aliphatic heterocycles. The van der Waals surface area contributed by atoms with E-state index >= 15 is 0 Å². The first-order valence-corrected chi connectivity index (χ1v) is 5.84. The number of nitrogens with zero attached hydrogens (tertiary/aromatic N) is 1. The van der Waals surface area contributed by atoms with Gasteiger partial charge in [0.15, 0.2) is 5.54 Å². The molecule has 18 heavy (non-hydrogen) atoms. The van der Waals surface area contributed by atoms with Gasteiger partial charge in [-0.15, -0.1) is 0 Å². The lowest BCUT2D eigenvalue weighted by atomic mass is 9.75. The van der Waals surface area contributed by atoms with Gasteiger partial charge >= 0.3 is 6.18 Å². The standard InChI is InChI=1S/C11H20F3N3O/c1-9(15,11(12,13)14)8(18)16-7-10(17(2)3)5-4-6-10/h4-7,15H2,1-3H3,(H,16,18). The lowest BCUT2D eigenvalue weighted by molar-refractivity contribution is -0.187. The Bertz CT molecular complexity index is 322. The van der Waals surface area contributed by atoms with Crippen molar-refractivity contribution < 1.29 is 18.0 Å². The molecule has 4 nitrogen and oxygen atoms in total. The van der Waals surface area contributed by atoms with E-state index in [1.807, 2.05) is 19.0 Å². The zero-order chi connectivity index (χ0) is 14.2. The minimum Gasteiger partial charge on any atom is -0.352 e. The number of halogens is 3. The van der Waals surface area contributed by atoms with Crippen LogP contribution in [0.2, 0.25) is 0 Å². The molecule has 1 saturated carbocycles. The summed E-state index contributed by atoms with van der Waals surface area (Å²) in [6.07, 6.45) is -1.99. The maximum atomic E-state index is 12.6. The number of likely N-dealkylation sites (N-methyl/N-ethyl adjacent to an activating group) is 1. The Hall–Kier alpha value is -0.820. The fourth-order valence-electron chi connectivity index (χ4n) is 1.92. The molecule has 0 aromatic heterocycles. The number of nitrogens with one attached hydrogen (secondary N) is 1. The topological polar surface area (TPSA) is 58.4 Å². The van der Waals surface area contributed by atoms with Crippen molar-refractivity contribution in [3.8, 4) is 0 Å². The summed E-state index contributed by atoms with van der Waals surface area (Å²) >= 11 is 0. The van der Waals surface area contributed by atoms with Gasteiger partial charge in [0, 0.05) is 12.1 Å². The van der Waals surface area contributed by atoms with Crippen molar-refractivity contribution in [1.82, 2.24) is 10.2 Å². The van der Waals surface area contributed by atoms with Crippen molar-refractivity contribution in [2.75, 3.05) is 20.6 Å². The van der Waals surface area contributed by atoms with E-state index in [0.717, 1.165) is 19.3 Å². The van der Waals surface area contributed by atoms with E-state index in [0.29, 0.717) is 6.92 Å². The smallest absolute Gasteiger partial charge is 0.352 e. The minimum atomic E-state index is -4.75. The summed E-state index contributed by atoms with van der Waals surface area (Å²) in [4.78, 5) is 13.5. The van der Waals surface area contributed by atoms with Crippen molar-refractivity contribution in [1.29, 1.82) is 0 Å². The number of hydrogen-bond donors (Lipinski definition) is 2. The number of hydrogen-bond acceptors (Lipinski definition) is 3. The van der Waals surface area contributed by atoms with Gasteiger partial charge in [-0.05, 0) is 40.3 Å². The van der Waals surface area contributed by atoms with E-state index in [1.54, 1.807) is 0 Å². The van der Waals surface area contributed by atoms with E-state index in [-0.39, 0.29) is 12.1 Å². The van der Waals surface area contributed by atoms with Crippen LogP contribution in [0.25, 0.3) is 0 Å². The molecule has 1 aliphatic carbocycles. The Morgan fingerprint density at radius 3 is 2.17 bits per heavy atom. The molecule has 0 radical (unpaired) electrons. The lowest BCUT2D eigenvalue weighted by Gasteiger charge is -2.47. The number of alkyl halides is 3. The second kappa shape index (κ2) is 4.70. The van der Waals surface area contributed by atoms with Gasteiger partial charge in [0.1, 0.15) is 0 Å². The fourth-order valence-corrected chi connectivity index (χ4v) is 1.92. The zero-order valence-electron chi connectivity index (χ0n) is 10.9. The highest BCUT2D eigenvalue weighted by Crippen LogP contribution is 2.35. The monoisotopic (exact) mass is 267 g/mol. The molecule has 1 aliphatic rings. The summed E-state index contributed by atoms with van der Waals surface area (Å²) in [7, 11) is 3.72. The molecule has 7 heteroatoms. The summed E-state index contributed by atoms with van der Waals surface area (Å²) in [6, 6.07) is 0. The Labute approximate surface area is 105 Å². The molecule has 0 bridgehead atoms. The molecule has 3 N–H and O–H groups in total. The SMILES string of the molecule is CN(C)C1(CNC(=O)C(C)(N)C(F)(F)F)CCC1. The quantitative estimate of drug-likeness (QED) is 0.794. The number of carbonyl (C=O) groups excluding carboxylic acids is 1. The number of amides is 1. The maximum absolute atomic E-state index is 12.6. The Kier molecular flexibility index (Phi) is 3.97. The van der Waals surface area contributed by atoms with Crippen LogP contribution in [0.1, 0.15) is 26.2 Å². The molecule has 1 fully saturated rings. The van der Waals surface area contributed by atoms with Crippen LogP contribution in [-0.2, 0) is 4.79 Å². The fraction of sp³-hybridized carbons (Fsp3) is 0.909. The van der Waals surface area contributed by atoms with Crippen LogP contribution in [-0.4, -0.2) is 48.7 Å². The van der Waals surface area contributed by atoms with E-state index in [2.05, 4.69) is 5.32 Å². The van der Waals surface area contributed by atoms with Crippen molar-refractivity contribution >= 4 is 5.91 Å². The second-order valence-electron chi connectivity index (χ2n) is 5.36. The van der Waals surface area contributed by atoms with Crippen LogP contribution < -0.4 is 11.1 Å². The van der Waals surface area contributed by atoms with Crippen LogP contribution in [0.4, 0.5) is 13.2 Å². The average molecular weight is 267 g/mol. The van der Waals surface area contributed by atoms with Gasteiger partial charge in [0.2, 0.25) is 5.91 Å². The first-order chi connectivity index (χ1) is 8.03. The first-order valence-electron chi connectivity index (χ1n) is 5.84. The maximum Gasteiger partial charge on any atom is 0.415 e. The molecular weight excluding hydrogens is 247 g/mol. The molecule has 0 spiro atoms. The van der Waals surface area contributed by atoms with Gasteiger partial charge in [0.25, 0.3) is 0 Å². The van der Waals surface area contributed by atoms with E-state index < -0.39 is 17.6 Å². The largest absolute Gasteiger partial charge is 0.415 e. The average Bonchev–Trinajstić information content (AvgIpc) is 2.12. The molecule has 0 aromatic carbocycles. The third-order valence-corrected chi connectivity index (χ3v) is 3.87. The van der Waals surface area contributed by atoms with Crippen LogP contribution in [0, 0.1) is 0 Å². The molecular formula is C11H20F3N3O. The highest BCUT2D eigenvalue weighted by atomic mass is 19.4. The number of rotatable bonds is 4. The number of nitrogens with two attached hydrogens (primary N) is 1. The van der Waals surface area contributed by atoms with Gasteiger partial charge in [-0.1, -0.05) is 0 Å². The van der Waals surface area contributed by atoms with Gasteiger partial charge in [-0.25, -0.2) is 0 Å². The normalized spacial score (nSPS) is 22.2. The van der Waals surface area contributed by atoms with Crippen molar-refractivity contribution in [3.63, 3.8) is 0 Å². The van der Waals surface area contributed by atoms with Gasteiger partial charge in [-0.3, -0.25) is 4.79 Å². The second-order valence-corrected chi connectivity index (χ2v) is 5.36. The van der Waals surface area contributed by atoms with Crippen molar-refractivity contribution in [2.24, 2.45) is 5.73 Å². The van der Waals surface area contributed by atoms with Crippen LogP contribution >= 0.6 is 0 Å². The van der Waals surface area contributed by atoms with Gasteiger partial charge in [0.05, 0.1) is 0 Å². The third kappa shape index (κ3) is 2.61. The first kappa shape index (κ1) is 15.2. The number of carbonyl (C=O) groups is 1. The third-order valence-electron chi connectivity index (χ3n) is 3.87. The molecule has 0 aromatic rings. The minimum absolute atomic E-state index is 0.196. The summed E-state index contributed by atoms with van der Waals surface area (Å²) in [5.41, 5.74) is 1.98. The molecule has 0 heterocycles.